The molecule has 4 rings (SSSR count). The molecule has 202 valence electrons. The van der Waals surface area contributed by atoms with Gasteiger partial charge in [-0.3, -0.25) is 4.79 Å². The fourth-order valence-corrected chi connectivity index (χ4v) is 8.33. The molecule has 0 bridgehead atoms. The van der Waals surface area contributed by atoms with Crippen LogP contribution in [-0.4, -0.2) is 64.6 Å². The van der Waals surface area contributed by atoms with Crippen LogP contribution in [0.4, 0.5) is 5.69 Å². The fraction of sp³-hybridized carbons (Fsp3) is 0.458. The van der Waals surface area contributed by atoms with Crippen LogP contribution < -0.4 is 10.1 Å². The number of hydrogen-bond donors (Lipinski definition) is 1. The van der Waals surface area contributed by atoms with Gasteiger partial charge in [0.15, 0.2) is 0 Å². The molecule has 2 saturated heterocycles. The zero-order valence-corrected chi connectivity index (χ0v) is 23.5. The van der Waals surface area contributed by atoms with Crippen LogP contribution in [0, 0.1) is 5.92 Å². The number of carbonyl (C=O) groups excluding carboxylic acids is 1. The molecule has 2 aromatic carbocycles. The van der Waals surface area contributed by atoms with E-state index in [9.17, 15) is 21.6 Å². The van der Waals surface area contributed by atoms with E-state index >= 15 is 0 Å². The number of methoxy groups -OCH3 is 1. The molecule has 37 heavy (non-hydrogen) atoms. The van der Waals surface area contributed by atoms with Crippen LogP contribution >= 0.6 is 23.2 Å². The average molecular weight is 591 g/mol. The van der Waals surface area contributed by atoms with E-state index in [-0.39, 0.29) is 27.9 Å². The number of halogens is 2. The Hall–Kier alpha value is -1.89. The SMILES string of the molecule is COc1ccc(S(=O)(=O)N2CCCC2)cc1NC(=O)[C@H]1CCCN(S(=O)(=O)Cc2ccc(Cl)cc2Cl)C1. The zero-order valence-electron chi connectivity index (χ0n) is 20.3. The summed E-state index contributed by atoms with van der Waals surface area (Å²) in [7, 11) is -6.01. The van der Waals surface area contributed by atoms with Gasteiger partial charge in [0.1, 0.15) is 5.75 Å². The number of benzene rings is 2. The molecule has 9 nitrogen and oxygen atoms in total. The van der Waals surface area contributed by atoms with Crippen molar-refractivity contribution in [2.45, 2.75) is 36.3 Å². The Morgan fingerprint density at radius 1 is 1.00 bits per heavy atom. The number of rotatable bonds is 8. The minimum absolute atomic E-state index is 0.00740. The minimum Gasteiger partial charge on any atom is -0.495 e. The standard InChI is InChI=1S/C24H29Cl2N3O6S2/c1-35-23-9-8-20(37(33,34)28-10-2-3-11-28)14-22(23)27-24(30)17-5-4-12-29(15-17)36(31,32)16-18-6-7-19(25)13-21(18)26/h6-9,13-14,17H,2-5,10-12,15-16H2,1H3,(H,27,30)/t17-/m0/s1. The molecule has 1 amide bonds. The lowest BCUT2D eigenvalue weighted by Crippen LogP contribution is -2.44. The lowest BCUT2D eigenvalue weighted by molar-refractivity contribution is -0.120. The number of anilines is 1. The van der Waals surface area contributed by atoms with Gasteiger partial charge in [-0.1, -0.05) is 29.3 Å². The van der Waals surface area contributed by atoms with Gasteiger partial charge in [-0.2, -0.15) is 4.31 Å². The third-order valence-corrected chi connectivity index (χ3v) is 10.9. The molecule has 0 radical (unpaired) electrons. The summed E-state index contributed by atoms with van der Waals surface area (Å²) in [5, 5.41) is 3.44. The highest BCUT2D eigenvalue weighted by Crippen LogP contribution is 2.32. The second-order valence-corrected chi connectivity index (χ2v) is 13.9. The largest absolute Gasteiger partial charge is 0.495 e. The van der Waals surface area contributed by atoms with Crippen LogP contribution in [0.25, 0.3) is 0 Å². The van der Waals surface area contributed by atoms with E-state index in [2.05, 4.69) is 5.32 Å². The van der Waals surface area contributed by atoms with Crippen molar-refractivity contribution < 1.29 is 26.4 Å². The zero-order chi connectivity index (χ0) is 26.8. The van der Waals surface area contributed by atoms with Crippen LogP contribution in [0.1, 0.15) is 31.2 Å². The molecular formula is C24H29Cl2N3O6S2. The van der Waals surface area contributed by atoms with E-state index in [1.165, 1.54) is 40.0 Å². The van der Waals surface area contributed by atoms with Gasteiger partial charge in [-0.05, 0) is 61.6 Å². The number of nitrogens with zero attached hydrogens (tertiary/aromatic N) is 2. The summed E-state index contributed by atoms with van der Waals surface area (Å²) in [4.78, 5) is 13.3. The maximum atomic E-state index is 13.2. The second-order valence-electron chi connectivity index (χ2n) is 9.15. The summed E-state index contributed by atoms with van der Waals surface area (Å²) in [6.07, 6.45) is 2.62. The maximum absolute atomic E-state index is 13.2. The van der Waals surface area contributed by atoms with E-state index in [0.29, 0.717) is 48.8 Å². The summed E-state index contributed by atoms with van der Waals surface area (Å²) in [6, 6.07) is 9.00. The summed E-state index contributed by atoms with van der Waals surface area (Å²) in [5.41, 5.74) is 0.652. The van der Waals surface area contributed by atoms with Gasteiger partial charge in [0.05, 0.1) is 29.4 Å². The van der Waals surface area contributed by atoms with Crippen molar-refractivity contribution in [2.24, 2.45) is 5.92 Å². The average Bonchev–Trinajstić information content (AvgIpc) is 3.42. The molecule has 13 heteroatoms. The molecule has 1 atom stereocenters. The highest BCUT2D eigenvalue weighted by Gasteiger charge is 2.34. The van der Waals surface area contributed by atoms with Gasteiger partial charge < -0.3 is 10.1 Å². The molecule has 1 N–H and O–H groups in total. The predicted octanol–water partition coefficient (Wildman–Crippen LogP) is 3.97. The summed E-state index contributed by atoms with van der Waals surface area (Å²) in [6.45, 7) is 1.23. The smallest absolute Gasteiger partial charge is 0.243 e. The summed E-state index contributed by atoms with van der Waals surface area (Å²) in [5.74, 6) is -1.01. The van der Waals surface area contributed by atoms with Crippen molar-refractivity contribution in [3.63, 3.8) is 0 Å². The third-order valence-electron chi connectivity index (χ3n) is 6.63. The fourth-order valence-electron chi connectivity index (χ4n) is 4.59. The van der Waals surface area contributed by atoms with Crippen molar-refractivity contribution in [1.82, 2.24) is 8.61 Å². The molecular weight excluding hydrogens is 561 g/mol. The summed E-state index contributed by atoms with van der Waals surface area (Å²) < 4.78 is 60.3. The normalized spacial score (nSPS) is 19.6. The van der Waals surface area contributed by atoms with Crippen molar-refractivity contribution in [1.29, 1.82) is 0 Å². The second kappa shape index (κ2) is 11.5. The first-order chi connectivity index (χ1) is 17.5. The van der Waals surface area contributed by atoms with E-state index in [1.54, 1.807) is 12.1 Å². The van der Waals surface area contributed by atoms with Gasteiger partial charge in [0.25, 0.3) is 0 Å². The number of hydrogen-bond acceptors (Lipinski definition) is 6. The topological polar surface area (TPSA) is 113 Å². The number of carbonyl (C=O) groups is 1. The molecule has 0 aromatic heterocycles. The minimum atomic E-state index is -3.74. The number of ether oxygens (including phenoxy) is 1. The Labute approximate surface area is 227 Å². The maximum Gasteiger partial charge on any atom is 0.243 e. The van der Waals surface area contributed by atoms with Gasteiger partial charge in [-0.15, -0.1) is 0 Å². The number of amides is 1. The lowest BCUT2D eigenvalue weighted by Gasteiger charge is -2.31. The van der Waals surface area contributed by atoms with Crippen LogP contribution in [-0.2, 0) is 30.6 Å². The van der Waals surface area contributed by atoms with Crippen LogP contribution in [0.3, 0.4) is 0 Å². The number of nitrogens with one attached hydrogen (secondary N) is 1. The molecule has 0 unspecified atom stereocenters. The molecule has 2 heterocycles. The van der Waals surface area contributed by atoms with E-state index in [1.807, 2.05) is 0 Å². The molecule has 0 saturated carbocycles. The summed E-state index contributed by atoms with van der Waals surface area (Å²) >= 11 is 12.1. The Balaban J connectivity index is 1.49. The van der Waals surface area contributed by atoms with E-state index < -0.39 is 31.9 Å². The molecule has 0 spiro atoms. The van der Waals surface area contributed by atoms with Crippen molar-refractivity contribution in [2.75, 3.05) is 38.6 Å². The first-order valence-corrected chi connectivity index (χ1v) is 15.7. The quantitative estimate of drug-likeness (QED) is 0.498. The third kappa shape index (κ3) is 6.40. The Bertz CT molecular complexity index is 1380. The highest BCUT2D eigenvalue weighted by atomic mass is 35.5. The highest BCUT2D eigenvalue weighted by molar-refractivity contribution is 7.89. The van der Waals surface area contributed by atoms with E-state index in [4.69, 9.17) is 27.9 Å². The molecule has 0 aliphatic carbocycles. The van der Waals surface area contributed by atoms with Crippen molar-refractivity contribution >= 4 is 54.8 Å². The Morgan fingerprint density at radius 3 is 2.38 bits per heavy atom. The van der Waals surface area contributed by atoms with Crippen molar-refractivity contribution in [3.05, 3.63) is 52.0 Å². The molecule has 2 aliphatic heterocycles. The Kier molecular flexibility index (Phi) is 8.72. The Morgan fingerprint density at radius 2 is 1.70 bits per heavy atom. The van der Waals surface area contributed by atoms with Crippen molar-refractivity contribution in [3.8, 4) is 5.75 Å². The predicted molar refractivity (Wildman–Crippen MR) is 143 cm³/mol. The van der Waals surface area contributed by atoms with Crippen LogP contribution in [0.15, 0.2) is 41.3 Å². The van der Waals surface area contributed by atoms with Crippen LogP contribution in [0.5, 0.6) is 5.75 Å². The molecule has 2 fully saturated rings. The lowest BCUT2D eigenvalue weighted by atomic mass is 9.98. The molecule has 2 aromatic rings. The molecule has 2 aliphatic rings. The van der Waals surface area contributed by atoms with Gasteiger partial charge in [-0.25, -0.2) is 21.1 Å². The monoisotopic (exact) mass is 589 g/mol. The van der Waals surface area contributed by atoms with Gasteiger partial charge >= 0.3 is 0 Å². The van der Waals surface area contributed by atoms with Gasteiger partial charge in [0.2, 0.25) is 26.0 Å². The van der Waals surface area contributed by atoms with E-state index in [0.717, 1.165) is 12.8 Å². The first kappa shape index (κ1) is 28.1. The van der Waals surface area contributed by atoms with Crippen LogP contribution in [0.2, 0.25) is 10.0 Å². The van der Waals surface area contributed by atoms with Gasteiger partial charge in [0, 0.05) is 36.2 Å². The first-order valence-electron chi connectivity index (χ1n) is 11.9. The number of piperidine rings is 1. The number of sulfonamides is 2.